The van der Waals surface area contributed by atoms with Gasteiger partial charge in [-0.15, -0.1) is 0 Å². The van der Waals surface area contributed by atoms with Crippen LogP contribution in [-0.4, -0.2) is 53.1 Å². The standard InChI is InChI=1S/C20H22ClFN2O2/c21-18-7-4-8-19(22)17(18)11-20(26)24-10-9-23(13-16(25)14-24)12-15-5-2-1-3-6-15/h1-8,16,25H,9-14H2/t16-/m1/s1. The van der Waals surface area contributed by atoms with Crippen LogP contribution in [-0.2, 0) is 17.8 Å². The number of benzene rings is 2. The fraction of sp³-hybridized carbons (Fsp3) is 0.350. The van der Waals surface area contributed by atoms with Crippen molar-refractivity contribution in [2.45, 2.75) is 19.1 Å². The second-order valence-corrected chi connectivity index (χ2v) is 7.00. The molecule has 3 rings (SSSR count). The third-order valence-electron chi connectivity index (χ3n) is 4.58. The number of hydrogen-bond acceptors (Lipinski definition) is 3. The lowest BCUT2D eigenvalue weighted by molar-refractivity contribution is -0.131. The molecule has 1 heterocycles. The lowest BCUT2D eigenvalue weighted by atomic mass is 10.1. The van der Waals surface area contributed by atoms with Gasteiger partial charge in [-0.3, -0.25) is 9.69 Å². The van der Waals surface area contributed by atoms with E-state index in [1.165, 1.54) is 12.1 Å². The molecule has 1 aliphatic rings. The van der Waals surface area contributed by atoms with Gasteiger partial charge in [-0.25, -0.2) is 4.39 Å². The van der Waals surface area contributed by atoms with Crippen molar-refractivity contribution < 1.29 is 14.3 Å². The Hall–Kier alpha value is -1.95. The maximum Gasteiger partial charge on any atom is 0.227 e. The van der Waals surface area contributed by atoms with Crippen LogP contribution in [0.1, 0.15) is 11.1 Å². The van der Waals surface area contributed by atoms with Crippen molar-refractivity contribution in [2.24, 2.45) is 0 Å². The number of β-amino-alcohol motifs (C(OH)–C–C–N with tert-alkyl or cyclic N) is 1. The Bertz CT molecular complexity index is 736. The molecule has 2 aromatic carbocycles. The molecule has 0 saturated carbocycles. The largest absolute Gasteiger partial charge is 0.390 e. The van der Waals surface area contributed by atoms with Gasteiger partial charge in [0.2, 0.25) is 5.91 Å². The maximum absolute atomic E-state index is 13.9. The van der Waals surface area contributed by atoms with Crippen molar-refractivity contribution >= 4 is 17.5 Å². The fourth-order valence-corrected chi connectivity index (χ4v) is 3.46. The summed E-state index contributed by atoms with van der Waals surface area (Å²) in [5.74, 6) is -0.704. The fourth-order valence-electron chi connectivity index (χ4n) is 3.23. The quantitative estimate of drug-likeness (QED) is 0.892. The van der Waals surface area contributed by atoms with E-state index >= 15 is 0 Å². The predicted molar refractivity (Wildman–Crippen MR) is 99.4 cm³/mol. The highest BCUT2D eigenvalue weighted by Gasteiger charge is 2.25. The van der Waals surface area contributed by atoms with Gasteiger partial charge in [0.15, 0.2) is 0 Å². The summed E-state index contributed by atoms with van der Waals surface area (Å²) in [7, 11) is 0. The number of hydrogen-bond donors (Lipinski definition) is 1. The summed E-state index contributed by atoms with van der Waals surface area (Å²) in [5.41, 5.74) is 1.37. The molecule has 0 spiro atoms. The third-order valence-corrected chi connectivity index (χ3v) is 4.93. The van der Waals surface area contributed by atoms with E-state index in [1.807, 2.05) is 30.3 Å². The Labute approximate surface area is 157 Å². The molecular formula is C20H22ClFN2O2. The van der Waals surface area contributed by atoms with E-state index in [4.69, 9.17) is 11.6 Å². The number of nitrogens with zero attached hydrogens (tertiary/aromatic N) is 2. The highest BCUT2D eigenvalue weighted by molar-refractivity contribution is 6.31. The molecular weight excluding hydrogens is 355 g/mol. The zero-order valence-electron chi connectivity index (χ0n) is 14.4. The van der Waals surface area contributed by atoms with Gasteiger partial charge in [-0.05, 0) is 17.7 Å². The summed E-state index contributed by atoms with van der Waals surface area (Å²) >= 11 is 6.02. The summed E-state index contributed by atoms with van der Waals surface area (Å²) in [6.07, 6.45) is -0.738. The average Bonchev–Trinajstić information content (AvgIpc) is 2.80. The average molecular weight is 377 g/mol. The Morgan fingerprint density at radius 1 is 1.12 bits per heavy atom. The topological polar surface area (TPSA) is 43.8 Å². The summed E-state index contributed by atoms with van der Waals surface area (Å²) in [6, 6.07) is 14.4. The lowest BCUT2D eigenvalue weighted by Crippen LogP contribution is -2.38. The highest BCUT2D eigenvalue weighted by atomic mass is 35.5. The van der Waals surface area contributed by atoms with E-state index < -0.39 is 11.9 Å². The Kier molecular flexibility index (Phi) is 6.25. The molecule has 1 atom stereocenters. The number of aliphatic hydroxyl groups excluding tert-OH is 1. The minimum Gasteiger partial charge on any atom is -0.390 e. The lowest BCUT2D eigenvalue weighted by Gasteiger charge is -2.22. The van der Waals surface area contributed by atoms with Crippen LogP contribution in [0.15, 0.2) is 48.5 Å². The molecule has 1 fully saturated rings. The van der Waals surface area contributed by atoms with E-state index in [9.17, 15) is 14.3 Å². The molecule has 0 aromatic heterocycles. The first-order valence-corrected chi connectivity index (χ1v) is 9.05. The normalized spacial score (nSPS) is 18.6. The number of carbonyl (C=O) groups is 1. The molecule has 1 saturated heterocycles. The first-order chi connectivity index (χ1) is 12.5. The van der Waals surface area contributed by atoms with Crippen LogP contribution >= 0.6 is 11.6 Å². The summed E-state index contributed by atoms with van der Waals surface area (Å²) in [4.78, 5) is 16.3. The van der Waals surface area contributed by atoms with E-state index in [2.05, 4.69) is 4.90 Å². The third kappa shape index (κ3) is 4.81. The van der Waals surface area contributed by atoms with Crippen molar-refractivity contribution in [3.63, 3.8) is 0 Å². The Morgan fingerprint density at radius 3 is 2.62 bits per heavy atom. The van der Waals surface area contributed by atoms with E-state index in [0.29, 0.717) is 19.6 Å². The maximum atomic E-state index is 13.9. The first-order valence-electron chi connectivity index (χ1n) is 8.68. The van der Waals surface area contributed by atoms with E-state index in [1.54, 1.807) is 11.0 Å². The number of carbonyl (C=O) groups excluding carboxylic acids is 1. The smallest absolute Gasteiger partial charge is 0.227 e. The van der Waals surface area contributed by atoms with Crippen LogP contribution in [0.2, 0.25) is 5.02 Å². The molecule has 0 radical (unpaired) electrons. The van der Waals surface area contributed by atoms with Crippen molar-refractivity contribution in [2.75, 3.05) is 26.2 Å². The molecule has 6 heteroatoms. The predicted octanol–water partition coefficient (Wildman–Crippen LogP) is 2.73. The monoisotopic (exact) mass is 376 g/mol. The summed E-state index contributed by atoms with van der Waals surface area (Å²) in [6.45, 7) is 2.62. The van der Waals surface area contributed by atoms with Gasteiger partial charge >= 0.3 is 0 Å². The van der Waals surface area contributed by atoms with Gasteiger partial charge in [0.05, 0.1) is 12.5 Å². The summed E-state index contributed by atoms with van der Waals surface area (Å²) in [5, 5.41) is 10.5. The SMILES string of the molecule is O=C(Cc1c(F)cccc1Cl)N1CCN(Cc2ccccc2)C[C@@H](O)C1. The summed E-state index contributed by atoms with van der Waals surface area (Å²) < 4.78 is 13.9. The minimum atomic E-state index is -0.638. The van der Waals surface area contributed by atoms with Gasteiger partial charge < -0.3 is 10.0 Å². The van der Waals surface area contributed by atoms with Crippen molar-refractivity contribution in [1.82, 2.24) is 9.80 Å². The first kappa shape index (κ1) is 18.8. The van der Waals surface area contributed by atoms with Crippen LogP contribution < -0.4 is 0 Å². The van der Waals surface area contributed by atoms with Crippen LogP contribution in [0.25, 0.3) is 0 Å². The van der Waals surface area contributed by atoms with Crippen LogP contribution in [0.4, 0.5) is 4.39 Å². The van der Waals surface area contributed by atoms with E-state index in [-0.39, 0.29) is 29.5 Å². The zero-order chi connectivity index (χ0) is 18.5. The van der Waals surface area contributed by atoms with Gasteiger partial charge in [-0.1, -0.05) is 48.0 Å². The molecule has 1 amide bonds. The molecule has 2 aromatic rings. The zero-order valence-corrected chi connectivity index (χ0v) is 15.2. The molecule has 0 unspecified atom stereocenters. The molecule has 4 nitrogen and oxygen atoms in total. The van der Waals surface area contributed by atoms with Crippen LogP contribution in [0.3, 0.4) is 0 Å². The van der Waals surface area contributed by atoms with Gasteiger partial charge in [0.25, 0.3) is 0 Å². The van der Waals surface area contributed by atoms with Gasteiger partial charge in [0.1, 0.15) is 5.82 Å². The van der Waals surface area contributed by atoms with Crippen molar-refractivity contribution in [1.29, 1.82) is 0 Å². The molecule has 0 aliphatic carbocycles. The molecule has 26 heavy (non-hydrogen) atoms. The second kappa shape index (κ2) is 8.62. The van der Waals surface area contributed by atoms with Gasteiger partial charge in [-0.2, -0.15) is 0 Å². The number of halogens is 2. The van der Waals surface area contributed by atoms with E-state index in [0.717, 1.165) is 12.1 Å². The molecule has 1 aliphatic heterocycles. The Morgan fingerprint density at radius 2 is 1.88 bits per heavy atom. The molecule has 138 valence electrons. The van der Waals surface area contributed by atoms with Gasteiger partial charge in [0, 0.05) is 43.3 Å². The molecule has 1 N–H and O–H groups in total. The number of rotatable bonds is 4. The van der Waals surface area contributed by atoms with Crippen LogP contribution in [0.5, 0.6) is 0 Å². The number of amides is 1. The Balaban J connectivity index is 1.63. The second-order valence-electron chi connectivity index (χ2n) is 6.59. The number of aliphatic hydroxyl groups is 1. The molecule has 0 bridgehead atoms. The van der Waals surface area contributed by atoms with Crippen molar-refractivity contribution in [3.8, 4) is 0 Å². The van der Waals surface area contributed by atoms with Crippen LogP contribution in [0, 0.1) is 5.82 Å². The highest BCUT2D eigenvalue weighted by Crippen LogP contribution is 2.20. The minimum absolute atomic E-state index is 0.100. The van der Waals surface area contributed by atoms with Crippen molar-refractivity contribution in [3.05, 3.63) is 70.5 Å².